The van der Waals surface area contributed by atoms with Crippen LogP contribution in [0, 0.1) is 33.8 Å². The van der Waals surface area contributed by atoms with Gasteiger partial charge < -0.3 is 0 Å². The van der Waals surface area contributed by atoms with Gasteiger partial charge in [-0.05, 0) is 54.9 Å². The van der Waals surface area contributed by atoms with Crippen LogP contribution in [0.4, 0.5) is 5.69 Å². The summed E-state index contributed by atoms with van der Waals surface area (Å²) in [6.07, 6.45) is 2.74. The summed E-state index contributed by atoms with van der Waals surface area (Å²) in [6.45, 7) is -0.0368. The lowest BCUT2D eigenvalue weighted by atomic mass is 9.81. The molecule has 2 aliphatic carbocycles. The van der Waals surface area contributed by atoms with Crippen LogP contribution >= 0.6 is 11.6 Å². The maximum Gasteiger partial charge on any atom is 0.273 e. The van der Waals surface area contributed by atoms with Gasteiger partial charge in [-0.1, -0.05) is 29.8 Å². The van der Waals surface area contributed by atoms with Gasteiger partial charge >= 0.3 is 0 Å². The number of amides is 3. The topological polar surface area (TPSA) is 101 Å². The van der Waals surface area contributed by atoms with E-state index >= 15 is 0 Å². The fraction of sp³-hybridized carbons (Fsp3) is 0.348. The molecule has 164 valence electrons. The molecule has 3 amide bonds. The van der Waals surface area contributed by atoms with E-state index in [0.29, 0.717) is 10.6 Å². The van der Waals surface area contributed by atoms with Crippen molar-refractivity contribution < 1.29 is 19.3 Å². The largest absolute Gasteiger partial charge is 0.273 e. The van der Waals surface area contributed by atoms with Gasteiger partial charge in [0.15, 0.2) is 0 Å². The zero-order chi connectivity index (χ0) is 22.6. The van der Waals surface area contributed by atoms with Crippen molar-refractivity contribution in [3.63, 3.8) is 0 Å². The quantitative estimate of drug-likeness (QED) is 0.389. The van der Waals surface area contributed by atoms with Crippen molar-refractivity contribution in [2.24, 2.45) is 23.7 Å². The third-order valence-electron chi connectivity index (χ3n) is 6.93. The first kappa shape index (κ1) is 20.6. The van der Waals surface area contributed by atoms with Gasteiger partial charge in [0, 0.05) is 22.7 Å². The van der Waals surface area contributed by atoms with Gasteiger partial charge in [-0.15, -0.1) is 0 Å². The maximum absolute atomic E-state index is 13.5. The Labute approximate surface area is 188 Å². The van der Waals surface area contributed by atoms with Crippen molar-refractivity contribution in [3.8, 4) is 0 Å². The molecule has 0 aromatic heterocycles. The van der Waals surface area contributed by atoms with Crippen LogP contribution in [0.5, 0.6) is 0 Å². The molecule has 1 heterocycles. The Morgan fingerprint density at radius 2 is 1.69 bits per heavy atom. The molecule has 3 fully saturated rings. The van der Waals surface area contributed by atoms with Crippen LogP contribution < -0.4 is 0 Å². The predicted octanol–water partition coefficient (Wildman–Crippen LogP) is 3.84. The van der Waals surface area contributed by atoms with E-state index in [0.717, 1.165) is 35.3 Å². The molecule has 0 unspecified atom stereocenters. The number of nitro benzene ring substituents is 1. The molecule has 8 nitrogen and oxygen atoms in total. The molecular weight excluding hydrogens is 434 g/mol. The van der Waals surface area contributed by atoms with Gasteiger partial charge in [0.25, 0.3) is 23.4 Å². The Kier molecular flexibility index (Phi) is 4.97. The van der Waals surface area contributed by atoms with Crippen LogP contribution in [0.15, 0.2) is 48.5 Å². The molecule has 2 aromatic rings. The predicted molar refractivity (Wildman–Crippen MR) is 114 cm³/mol. The van der Waals surface area contributed by atoms with Crippen LogP contribution in [0.25, 0.3) is 0 Å². The van der Waals surface area contributed by atoms with E-state index in [1.165, 1.54) is 18.2 Å². The minimum absolute atomic E-state index is 0.0359. The highest BCUT2D eigenvalue weighted by Gasteiger charge is 2.62. The SMILES string of the molecule is O=C(c1cccc([N+](=O)[O-])c1)N(Cc1ccc(Cl)cc1)N1C(=O)[C@@H]2[C@H]3CC[C@@H](C3)[C@H]2C1=O. The van der Waals surface area contributed by atoms with Crippen LogP contribution in [0.2, 0.25) is 5.02 Å². The molecule has 3 aliphatic rings. The molecular formula is C23H20ClN3O5. The lowest BCUT2D eigenvalue weighted by molar-refractivity contribution is -0.384. The fourth-order valence-electron chi connectivity index (χ4n) is 5.53. The molecule has 1 saturated heterocycles. The molecule has 0 radical (unpaired) electrons. The average Bonchev–Trinajstić information content (AvgIpc) is 3.47. The Hall–Kier alpha value is -3.26. The third-order valence-corrected chi connectivity index (χ3v) is 7.18. The summed E-state index contributed by atoms with van der Waals surface area (Å²) >= 11 is 5.97. The Morgan fingerprint density at radius 1 is 1.06 bits per heavy atom. The minimum atomic E-state index is -0.641. The van der Waals surface area contributed by atoms with Crippen molar-refractivity contribution in [2.75, 3.05) is 0 Å². The first-order valence-corrected chi connectivity index (χ1v) is 10.9. The summed E-state index contributed by atoms with van der Waals surface area (Å²) < 4.78 is 0. The number of nitrogens with zero attached hydrogens (tertiary/aromatic N) is 3. The van der Waals surface area contributed by atoms with Gasteiger partial charge in [0.05, 0.1) is 23.3 Å². The second kappa shape index (κ2) is 7.70. The number of carbonyl (C=O) groups excluding carboxylic acids is 3. The Morgan fingerprint density at radius 3 is 2.28 bits per heavy atom. The number of benzene rings is 2. The molecule has 32 heavy (non-hydrogen) atoms. The lowest BCUT2D eigenvalue weighted by Gasteiger charge is -2.31. The number of hydrogen-bond donors (Lipinski definition) is 0. The molecule has 0 spiro atoms. The number of hydrazine groups is 1. The summed E-state index contributed by atoms with van der Waals surface area (Å²) in [7, 11) is 0. The molecule has 9 heteroatoms. The van der Waals surface area contributed by atoms with Gasteiger partial charge in [-0.25, -0.2) is 5.01 Å². The van der Waals surface area contributed by atoms with Crippen molar-refractivity contribution in [1.82, 2.24) is 10.0 Å². The highest BCUT2D eigenvalue weighted by molar-refractivity contribution is 6.30. The number of nitro groups is 1. The molecule has 2 aromatic carbocycles. The van der Waals surface area contributed by atoms with Gasteiger partial charge in [-0.3, -0.25) is 24.5 Å². The summed E-state index contributed by atoms with van der Waals surface area (Å²) in [5, 5.41) is 13.8. The van der Waals surface area contributed by atoms with Crippen molar-refractivity contribution in [3.05, 3.63) is 74.8 Å². The number of fused-ring (bicyclic) bond motifs is 5. The normalized spacial score (nSPS) is 25.8. The standard InChI is InChI=1S/C23H20ClN3O5/c24-17-8-4-13(5-9-17)12-25(21(28)16-2-1-3-18(11-16)27(31)32)26-22(29)19-14-6-7-15(10-14)20(19)23(26)30/h1-5,8-9,11,14-15,19-20H,6-7,10,12H2/t14-,15-,19+,20+/m0/s1. The van der Waals surface area contributed by atoms with E-state index < -0.39 is 10.8 Å². The lowest BCUT2D eigenvalue weighted by Crippen LogP contribution is -2.50. The summed E-state index contributed by atoms with van der Waals surface area (Å²) in [5.41, 5.74) is 0.471. The monoisotopic (exact) mass is 453 g/mol. The van der Waals surface area contributed by atoms with E-state index in [1.54, 1.807) is 24.3 Å². The highest BCUT2D eigenvalue weighted by Crippen LogP contribution is 2.56. The van der Waals surface area contributed by atoms with E-state index in [-0.39, 0.29) is 53.3 Å². The summed E-state index contributed by atoms with van der Waals surface area (Å²) in [6, 6.07) is 12.1. The fourth-order valence-corrected chi connectivity index (χ4v) is 5.65. The third kappa shape index (κ3) is 3.26. The first-order valence-electron chi connectivity index (χ1n) is 10.5. The number of halogens is 1. The second-order valence-electron chi connectivity index (χ2n) is 8.67. The van der Waals surface area contributed by atoms with E-state index in [2.05, 4.69) is 0 Å². The van der Waals surface area contributed by atoms with Crippen molar-refractivity contribution in [2.45, 2.75) is 25.8 Å². The number of non-ortho nitro benzene ring substituents is 1. The van der Waals surface area contributed by atoms with Crippen LogP contribution in [-0.4, -0.2) is 32.7 Å². The van der Waals surface area contributed by atoms with Gasteiger partial charge in [0.2, 0.25) is 0 Å². The minimum Gasteiger partial charge on any atom is -0.272 e. The zero-order valence-electron chi connectivity index (χ0n) is 17.0. The number of imide groups is 1. The highest BCUT2D eigenvalue weighted by atomic mass is 35.5. The summed E-state index contributed by atoms with van der Waals surface area (Å²) in [4.78, 5) is 50.8. The summed E-state index contributed by atoms with van der Waals surface area (Å²) in [5.74, 6) is -1.75. The number of rotatable bonds is 5. The molecule has 4 atom stereocenters. The molecule has 1 aliphatic heterocycles. The number of hydrogen-bond acceptors (Lipinski definition) is 5. The molecule has 2 bridgehead atoms. The second-order valence-corrected chi connectivity index (χ2v) is 9.11. The van der Waals surface area contributed by atoms with Crippen molar-refractivity contribution >= 4 is 35.0 Å². The molecule has 5 rings (SSSR count). The van der Waals surface area contributed by atoms with Crippen LogP contribution in [0.3, 0.4) is 0 Å². The zero-order valence-corrected chi connectivity index (χ0v) is 17.8. The van der Waals surface area contributed by atoms with E-state index in [1.807, 2.05) is 0 Å². The van der Waals surface area contributed by atoms with Crippen LogP contribution in [-0.2, 0) is 16.1 Å². The molecule has 2 saturated carbocycles. The smallest absolute Gasteiger partial charge is 0.272 e. The van der Waals surface area contributed by atoms with Gasteiger partial charge in [0.1, 0.15) is 0 Å². The maximum atomic E-state index is 13.5. The molecule has 0 N–H and O–H groups in total. The Balaban J connectivity index is 1.53. The average molecular weight is 454 g/mol. The first-order chi connectivity index (χ1) is 15.3. The van der Waals surface area contributed by atoms with Gasteiger partial charge in [-0.2, -0.15) is 5.01 Å². The van der Waals surface area contributed by atoms with E-state index in [4.69, 9.17) is 11.6 Å². The Bertz CT molecular complexity index is 1110. The van der Waals surface area contributed by atoms with Crippen LogP contribution in [0.1, 0.15) is 35.2 Å². The number of carbonyl (C=O) groups is 3. The van der Waals surface area contributed by atoms with Crippen molar-refractivity contribution in [1.29, 1.82) is 0 Å². The van der Waals surface area contributed by atoms with E-state index in [9.17, 15) is 24.5 Å².